The van der Waals surface area contributed by atoms with Crippen LogP contribution < -0.4 is 14.2 Å². The lowest BCUT2D eigenvalue weighted by atomic mass is 10.1. The van der Waals surface area contributed by atoms with Crippen molar-refractivity contribution in [3.8, 4) is 17.2 Å². The molecule has 0 atom stereocenters. The molecule has 2 aromatic carbocycles. The van der Waals surface area contributed by atoms with Crippen LogP contribution in [0, 0.1) is 0 Å². The van der Waals surface area contributed by atoms with Gasteiger partial charge in [-0.15, -0.1) is 0 Å². The molecule has 2 rings (SSSR count). The largest absolute Gasteiger partial charge is 0.494 e. The van der Waals surface area contributed by atoms with E-state index >= 15 is 0 Å². The van der Waals surface area contributed by atoms with Gasteiger partial charge >= 0.3 is 0 Å². The van der Waals surface area contributed by atoms with E-state index in [1.165, 1.54) is 0 Å². The van der Waals surface area contributed by atoms with Crippen LogP contribution in [0.5, 0.6) is 17.2 Å². The minimum Gasteiger partial charge on any atom is -0.494 e. The van der Waals surface area contributed by atoms with Crippen molar-refractivity contribution < 1.29 is 19.0 Å². The summed E-state index contributed by atoms with van der Waals surface area (Å²) in [4.78, 5) is 12.6. The van der Waals surface area contributed by atoms with Crippen LogP contribution in [0.1, 0.15) is 70.8 Å². The molecular weight excluding hydrogens is 376 g/mol. The summed E-state index contributed by atoms with van der Waals surface area (Å²) < 4.78 is 17.7. The summed E-state index contributed by atoms with van der Waals surface area (Å²) in [5.41, 5.74) is 0.754. The molecule has 0 spiro atoms. The Labute approximate surface area is 180 Å². The van der Waals surface area contributed by atoms with Crippen LogP contribution >= 0.6 is 0 Å². The van der Waals surface area contributed by atoms with Crippen LogP contribution in [0.2, 0.25) is 0 Å². The summed E-state index contributed by atoms with van der Waals surface area (Å²) in [5, 5.41) is 0. The third-order valence-corrected chi connectivity index (χ3v) is 3.85. The maximum absolute atomic E-state index is 12.6. The monoisotopic (exact) mass is 410 g/mol. The van der Waals surface area contributed by atoms with E-state index in [9.17, 15) is 4.79 Å². The van der Waals surface area contributed by atoms with Gasteiger partial charge in [0.1, 0.15) is 28.5 Å². The number of hydrogen-bond acceptors (Lipinski definition) is 4. The molecule has 0 aliphatic heterocycles. The van der Waals surface area contributed by atoms with Gasteiger partial charge in [0.15, 0.2) is 5.78 Å². The van der Waals surface area contributed by atoms with E-state index in [2.05, 4.69) is 6.92 Å². The fourth-order valence-corrected chi connectivity index (χ4v) is 2.68. The van der Waals surface area contributed by atoms with Crippen molar-refractivity contribution in [3.05, 3.63) is 59.7 Å². The fraction of sp³-hybridized carbons (Fsp3) is 0.423. The molecule has 4 nitrogen and oxygen atoms in total. The van der Waals surface area contributed by atoms with Crippen molar-refractivity contribution in [1.82, 2.24) is 0 Å². The van der Waals surface area contributed by atoms with Crippen molar-refractivity contribution in [2.24, 2.45) is 0 Å². The molecular formula is C26H34O4. The van der Waals surface area contributed by atoms with E-state index < -0.39 is 0 Å². The first-order chi connectivity index (χ1) is 14.0. The first-order valence-electron chi connectivity index (χ1n) is 10.4. The lowest BCUT2D eigenvalue weighted by Gasteiger charge is -2.25. The van der Waals surface area contributed by atoms with Gasteiger partial charge in [-0.25, -0.2) is 0 Å². The summed E-state index contributed by atoms with van der Waals surface area (Å²) in [5.74, 6) is 2.10. The number of carbonyl (C=O) groups is 1. The highest BCUT2D eigenvalue weighted by Gasteiger charge is 2.17. The smallest absolute Gasteiger partial charge is 0.185 e. The highest BCUT2D eigenvalue weighted by atomic mass is 16.5. The Kier molecular flexibility index (Phi) is 7.71. The quantitative estimate of drug-likeness (QED) is 0.358. The summed E-state index contributed by atoms with van der Waals surface area (Å²) in [6, 6.07) is 12.9. The lowest BCUT2D eigenvalue weighted by molar-refractivity contribution is 0.104. The van der Waals surface area contributed by atoms with Gasteiger partial charge in [-0.2, -0.15) is 0 Å². The Bertz CT molecular complexity index is 865. The molecule has 0 aliphatic carbocycles. The van der Waals surface area contributed by atoms with Crippen LogP contribution in [0.4, 0.5) is 0 Å². The van der Waals surface area contributed by atoms with Crippen LogP contribution in [-0.4, -0.2) is 23.6 Å². The zero-order valence-electron chi connectivity index (χ0n) is 19.2. The topological polar surface area (TPSA) is 44.8 Å². The predicted molar refractivity (Wildman–Crippen MR) is 123 cm³/mol. The Morgan fingerprint density at radius 2 is 1.47 bits per heavy atom. The van der Waals surface area contributed by atoms with Gasteiger partial charge in [0.05, 0.1) is 6.61 Å². The number of ether oxygens (including phenoxy) is 3. The second kappa shape index (κ2) is 9.84. The molecule has 0 radical (unpaired) electrons. The molecule has 0 N–H and O–H groups in total. The van der Waals surface area contributed by atoms with Gasteiger partial charge in [-0.05, 0) is 96.5 Å². The van der Waals surface area contributed by atoms with Crippen molar-refractivity contribution in [3.63, 3.8) is 0 Å². The third kappa shape index (κ3) is 7.94. The number of hydrogen-bond donors (Lipinski definition) is 0. The lowest BCUT2D eigenvalue weighted by Crippen LogP contribution is -2.24. The van der Waals surface area contributed by atoms with Crippen molar-refractivity contribution in [1.29, 1.82) is 0 Å². The molecule has 0 saturated carbocycles. The Balaban J connectivity index is 2.22. The maximum Gasteiger partial charge on any atom is 0.185 e. The predicted octanol–water partition coefficient (Wildman–Crippen LogP) is 6.73. The molecule has 0 aromatic heterocycles. The molecule has 0 fully saturated rings. The van der Waals surface area contributed by atoms with E-state index in [4.69, 9.17) is 14.2 Å². The Morgan fingerprint density at radius 1 is 0.867 bits per heavy atom. The van der Waals surface area contributed by atoms with Gasteiger partial charge in [-0.3, -0.25) is 4.79 Å². The van der Waals surface area contributed by atoms with Crippen molar-refractivity contribution in [2.75, 3.05) is 6.61 Å². The summed E-state index contributed by atoms with van der Waals surface area (Å²) in [7, 11) is 0. The van der Waals surface area contributed by atoms with Crippen LogP contribution in [0.3, 0.4) is 0 Å². The van der Waals surface area contributed by atoms with E-state index in [1.807, 2.05) is 71.9 Å². The van der Waals surface area contributed by atoms with Crippen molar-refractivity contribution in [2.45, 2.75) is 66.1 Å². The standard InChI is InChI=1S/C26H34O4/c1-8-17-28-21-13-9-19(10-14-21)23(27)16-12-20-11-15-22(29-25(2,3)4)18-24(20)30-26(5,6)7/h9-16,18H,8,17H2,1-7H3. The second-order valence-electron chi connectivity index (χ2n) is 9.20. The van der Waals surface area contributed by atoms with Crippen molar-refractivity contribution >= 4 is 11.9 Å². The third-order valence-electron chi connectivity index (χ3n) is 3.85. The first kappa shape index (κ1) is 23.5. The van der Waals surface area contributed by atoms with Crippen LogP contribution in [0.25, 0.3) is 6.08 Å². The summed E-state index contributed by atoms with van der Waals surface area (Å²) in [6.07, 6.45) is 4.30. The van der Waals surface area contributed by atoms with E-state index in [1.54, 1.807) is 24.3 Å². The molecule has 0 unspecified atom stereocenters. The highest BCUT2D eigenvalue weighted by molar-refractivity contribution is 6.07. The molecule has 162 valence electrons. The number of rotatable bonds is 8. The molecule has 30 heavy (non-hydrogen) atoms. The van der Waals surface area contributed by atoms with Gasteiger partial charge in [0.2, 0.25) is 0 Å². The fourth-order valence-electron chi connectivity index (χ4n) is 2.68. The van der Waals surface area contributed by atoms with Gasteiger partial charge < -0.3 is 14.2 Å². The van der Waals surface area contributed by atoms with Gasteiger partial charge in [0.25, 0.3) is 0 Å². The molecule has 0 heterocycles. The summed E-state index contributed by atoms with van der Waals surface area (Å²) >= 11 is 0. The maximum atomic E-state index is 12.6. The van der Waals surface area contributed by atoms with E-state index in [0.717, 1.165) is 23.5 Å². The van der Waals surface area contributed by atoms with E-state index in [-0.39, 0.29) is 17.0 Å². The van der Waals surface area contributed by atoms with Gasteiger partial charge in [-0.1, -0.05) is 6.92 Å². The van der Waals surface area contributed by atoms with Crippen LogP contribution in [-0.2, 0) is 0 Å². The molecule has 0 saturated heterocycles. The molecule has 4 heteroatoms. The number of carbonyl (C=O) groups excluding carboxylic acids is 1. The molecule has 2 aromatic rings. The zero-order valence-corrected chi connectivity index (χ0v) is 19.2. The second-order valence-corrected chi connectivity index (χ2v) is 9.20. The SMILES string of the molecule is CCCOc1ccc(C(=O)C=Cc2ccc(OC(C)(C)C)cc2OC(C)(C)C)cc1. The number of benzene rings is 2. The van der Waals surface area contributed by atoms with Gasteiger partial charge in [0, 0.05) is 17.2 Å². The normalized spacial score (nSPS) is 12.1. The number of allylic oxidation sites excluding steroid dienone is 1. The molecule has 0 amide bonds. The van der Waals surface area contributed by atoms with E-state index in [0.29, 0.717) is 17.9 Å². The Hall–Kier alpha value is -2.75. The molecule has 0 bridgehead atoms. The summed E-state index contributed by atoms with van der Waals surface area (Å²) in [6.45, 7) is 14.7. The zero-order chi connectivity index (χ0) is 22.4. The average molecular weight is 411 g/mol. The number of ketones is 1. The first-order valence-corrected chi connectivity index (χ1v) is 10.4. The highest BCUT2D eigenvalue weighted by Crippen LogP contribution is 2.31. The Morgan fingerprint density at radius 3 is 2.03 bits per heavy atom. The van der Waals surface area contributed by atoms with Crippen LogP contribution in [0.15, 0.2) is 48.5 Å². The average Bonchev–Trinajstić information content (AvgIpc) is 2.63. The molecule has 0 aliphatic rings. The minimum absolute atomic E-state index is 0.0752. The minimum atomic E-state index is -0.374.